The number of carbonyl (C=O) groups excluding carboxylic acids is 1. The number of amides is 1. The van der Waals surface area contributed by atoms with Crippen LogP contribution in [0.4, 0.5) is 0 Å². The van der Waals surface area contributed by atoms with Crippen LogP contribution < -0.4 is 5.73 Å². The van der Waals surface area contributed by atoms with Gasteiger partial charge in [-0.25, -0.2) is 0 Å². The molecule has 0 radical (unpaired) electrons. The molecule has 0 aromatic rings. The molecule has 1 amide bonds. The number of hydrogen-bond acceptors (Lipinski definition) is 4. The molecule has 1 saturated heterocycles. The molecule has 4 atom stereocenters. The van der Waals surface area contributed by atoms with Crippen molar-refractivity contribution in [1.29, 1.82) is 5.26 Å². The number of likely N-dealkylation sites (tertiary alicyclic amines) is 1. The Labute approximate surface area is 106 Å². The fourth-order valence-corrected chi connectivity index (χ4v) is 2.03. The van der Waals surface area contributed by atoms with Crippen molar-refractivity contribution in [2.24, 2.45) is 16.8 Å². The van der Waals surface area contributed by atoms with Crippen LogP contribution in [0.15, 0.2) is 5.11 Å². The van der Waals surface area contributed by atoms with Gasteiger partial charge in [-0.15, -0.1) is 0 Å². The normalized spacial score (nSPS) is 26.0. The van der Waals surface area contributed by atoms with Crippen LogP contribution in [0, 0.1) is 17.2 Å². The molecule has 1 aliphatic heterocycles. The molecule has 18 heavy (non-hydrogen) atoms. The summed E-state index contributed by atoms with van der Waals surface area (Å²) < 4.78 is 0. The first-order valence-electron chi connectivity index (χ1n) is 6.05. The van der Waals surface area contributed by atoms with Gasteiger partial charge >= 0.3 is 0 Å². The largest absolute Gasteiger partial charge is 0.325 e. The van der Waals surface area contributed by atoms with Gasteiger partial charge in [0, 0.05) is 11.5 Å². The molecule has 2 N–H and O–H groups in total. The molecule has 0 bridgehead atoms. The van der Waals surface area contributed by atoms with E-state index in [-0.39, 0.29) is 24.4 Å². The smallest absolute Gasteiger partial charge is 0.240 e. The van der Waals surface area contributed by atoms with Crippen molar-refractivity contribution in [2.45, 2.75) is 44.8 Å². The number of nitriles is 1. The van der Waals surface area contributed by atoms with Gasteiger partial charge in [0.15, 0.2) is 0 Å². The Kier molecular flexibility index (Phi) is 4.95. The Hall–Kier alpha value is -1.77. The summed E-state index contributed by atoms with van der Waals surface area (Å²) in [5.74, 6) is -0.165. The van der Waals surface area contributed by atoms with Crippen molar-refractivity contribution in [1.82, 2.24) is 4.90 Å². The number of nitrogens with two attached hydrogens (primary N) is 1. The van der Waals surface area contributed by atoms with Gasteiger partial charge in [0.25, 0.3) is 0 Å². The summed E-state index contributed by atoms with van der Waals surface area (Å²) in [5, 5.41) is 12.6. The van der Waals surface area contributed by atoms with Crippen LogP contribution in [0.2, 0.25) is 0 Å². The van der Waals surface area contributed by atoms with E-state index in [0.717, 1.165) is 6.42 Å². The second kappa shape index (κ2) is 6.24. The maximum atomic E-state index is 12.2. The van der Waals surface area contributed by atoms with Crippen molar-refractivity contribution >= 4 is 5.91 Å². The lowest BCUT2D eigenvalue weighted by Gasteiger charge is -2.26. The predicted octanol–water partition coefficient (Wildman–Crippen LogP) is 1.16. The van der Waals surface area contributed by atoms with Crippen LogP contribution in [0.3, 0.4) is 0 Å². The Morgan fingerprint density at radius 2 is 2.44 bits per heavy atom. The minimum atomic E-state index is -0.601. The summed E-state index contributed by atoms with van der Waals surface area (Å²) in [6, 6.07) is 0.595. The molecular formula is C11H18N6O. The molecule has 1 rings (SSSR count). The molecule has 0 aliphatic carbocycles. The maximum Gasteiger partial charge on any atom is 0.240 e. The van der Waals surface area contributed by atoms with E-state index in [0.29, 0.717) is 6.42 Å². The van der Waals surface area contributed by atoms with Gasteiger partial charge < -0.3 is 10.6 Å². The first-order valence-corrected chi connectivity index (χ1v) is 6.05. The molecule has 98 valence electrons. The highest BCUT2D eigenvalue weighted by atomic mass is 16.2. The molecular weight excluding hydrogens is 232 g/mol. The van der Waals surface area contributed by atoms with Gasteiger partial charge in [-0.1, -0.05) is 25.4 Å². The van der Waals surface area contributed by atoms with Gasteiger partial charge in [-0.05, 0) is 17.9 Å². The Bertz CT molecular complexity index is 397. The van der Waals surface area contributed by atoms with Crippen LogP contribution >= 0.6 is 0 Å². The number of azide groups is 1. The highest BCUT2D eigenvalue weighted by Gasteiger charge is 2.37. The van der Waals surface area contributed by atoms with Crippen molar-refractivity contribution in [3.63, 3.8) is 0 Å². The first-order chi connectivity index (χ1) is 8.54. The Balaban J connectivity index is 2.78. The zero-order valence-electron chi connectivity index (χ0n) is 10.7. The molecule has 1 unspecified atom stereocenters. The van der Waals surface area contributed by atoms with E-state index in [4.69, 9.17) is 16.5 Å². The van der Waals surface area contributed by atoms with Gasteiger partial charge in [-0.2, -0.15) is 5.26 Å². The van der Waals surface area contributed by atoms with Crippen LogP contribution in [0.1, 0.15) is 26.7 Å². The van der Waals surface area contributed by atoms with Crippen LogP contribution in [-0.4, -0.2) is 35.5 Å². The molecule has 0 spiro atoms. The SMILES string of the molecule is CC[C@H](C)[C@H](N)C(=O)N1CC(N=[N+]=[N-])C[C@H]1C#N. The van der Waals surface area contributed by atoms with Crippen LogP contribution in [0.5, 0.6) is 0 Å². The number of nitrogens with zero attached hydrogens (tertiary/aromatic N) is 5. The average molecular weight is 250 g/mol. The third-order valence-electron chi connectivity index (χ3n) is 3.47. The van der Waals surface area contributed by atoms with E-state index in [1.807, 2.05) is 13.8 Å². The third kappa shape index (κ3) is 2.92. The van der Waals surface area contributed by atoms with Crippen molar-refractivity contribution in [2.75, 3.05) is 6.54 Å². The zero-order valence-corrected chi connectivity index (χ0v) is 10.7. The summed E-state index contributed by atoms with van der Waals surface area (Å²) in [6.07, 6.45) is 1.19. The monoisotopic (exact) mass is 250 g/mol. The van der Waals surface area contributed by atoms with Crippen molar-refractivity contribution in [3.05, 3.63) is 10.4 Å². The summed E-state index contributed by atoms with van der Waals surface area (Å²) in [4.78, 5) is 16.3. The fourth-order valence-electron chi connectivity index (χ4n) is 2.03. The van der Waals surface area contributed by atoms with E-state index in [1.165, 1.54) is 4.90 Å². The second-order valence-corrected chi connectivity index (χ2v) is 4.64. The molecule has 1 aliphatic rings. The molecule has 1 fully saturated rings. The summed E-state index contributed by atoms with van der Waals surface area (Å²) in [6.45, 7) is 4.16. The van der Waals surface area contributed by atoms with E-state index < -0.39 is 12.1 Å². The molecule has 0 aromatic heterocycles. The highest BCUT2D eigenvalue weighted by Crippen LogP contribution is 2.22. The van der Waals surface area contributed by atoms with E-state index in [2.05, 4.69) is 16.1 Å². The second-order valence-electron chi connectivity index (χ2n) is 4.64. The van der Waals surface area contributed by atoms with Crippen LogP contribution in [0.25, 0.3) is 10.4 Å². The Morgan fingerprint density at radius 1 is 1.78 bits per heavy atom. The quantitative estimate of drug-likeness (QED) is 0.458. The minimum Gasteiger partial charge on any atom is -0.325 e. The van der Waals surface area contributed by atoms with Gasteiger partial charge in [0.2, 0.25) is 5.91 Å². The molecule has 0 saturated carbocycles. The maximum absolute atomic E-state index is 12.2. The van der Waals surface area contributed by atoms with E-state index in [1.54, 1.807) is 0 Å². The number of rotatable bonds is 4. The lowest BCUT2D eigenvalue weighted by Crippen LogP contribution is -2.48. The fraction of sp³-hybridized carbons (Fsp3) is 0.818. The van der Waals surface area contributed by atoms with Gasteiger partial charge in [0.05, 0.1) is 18.2 Å². The lowest BCUT2D eigenvalue weighted by molar-refractivity contribution is -0.133. The molecule has 1 heterocycles. The summed E-state index contributed by atoms with van der Waals surface area (Å²) in [7, 11) is 0. The zero-order chi connectivity index (χ0) is 13.7. The highest BCUT2D eigenvalue weighted by molar-refractivity contribution is 5.83. The standard InChI is InChI=1S/C11H18N6O/c1-3-7(2)10(13)11(18)17-6-8(15-16-14)4-9(17)5-12/h7-10H,3-4,6,13H2,1-2H3/t7-,8?,9-,10-/m0/s1. The molecule has 7 heteroatoms. The van der Waals surface area contributed by atoms with Crippen molar-refractivity contribution in [3.8, 4) is 6.07 Å². The summed E-state index contributed by atoms with van der Waals surface area (Å²) >= 11 is 0. The average Bonchev–Trinajstić information content (AvgIpc) is 2.79. The lowest BCUT2D eigenvalue weighted by atomic mass is 9.99. The Morgan fingerprint density at radius 3 is 2.94 bits per heavy atom. The van der Waals surface area contributed by atoms with Crippen LogP contribution in [-0.2, 0) is 4.79 Å². The topological polar surface area (TPSA) is 119 Å². The first kappa shape index (κ1) is 14.3. The van der Waals surface area contributed by atoms with E-state index >= 15 is 0 Å². The predicted molar refractivity (Wildman–Crippen MR) is 66.1 cm³/mol. The van der Waals surface area contributed by atoms with E-state index in [9.17, 15) is 4.79 Å². The minimum absolute atomic E-state index is 0.0651. The van der Waals surface area contributed by atoms with Gasteiger partial charge in [-0.3, -0.25) is 4.79 Å². The molecule has 0 aromatic carbocycles. The number of hydrogen-bond donors (Lipinski definition) is 1. The van der Waals surface area contributed by atoms with Gasteiger partial charge in [0.1, 0.15) is 6.04 Å². The summed E-state index contributed by atoms with van der Waals surface area (Å²) in [5.41, 5.74) is 14.3. The van der Waals surface area contributed by atoms with Crippen molar-refractivity contribution < 1.29 is 4.79 Å². The number of carbonyl (C=O) groups is 1. The molecule has 7 nitrogen and oxygen atoms in total. The third-order valence-corrected chi connectivity index (χ3v) is 3.47.